The van der Waals surface area contributed by atoms with E-state index in [1.54, 1.807) is 19.1 Å². The van der Waals surface area contributed by atoms with Crippen LogP contribution in [0.5, 0.6) is 0 Å². The summed E-state index contributed by atoms with van der Waals surface area (Å²) in [6, 6.07) is 5.95. The van der Waals surface area contributed by atoms with E-state index in [9.17, 15) is 18.3 Å². The van der Waals surface area contributed by atoms with Crippen molar-refractivity contribution in [3.05, 3.63) is 35.4 Å². The number of nitrogens with one attached hydrogen (secondary N) is 1. The van der Waals surface area contributed by atoms with E-state index in [0.29, 0.717) is 5.56 Å². The predicted molar refractivity (Wildman–Crippen MR) is 55.1 cm³/mol. The number of aliphatic hydroxyl groups is 1. The summed E-state index contributed by atoms with van der Waals surface area (Å²) in [5, 5.41) is 12.2. The number of hydrogen-bond acceptors (Lipinski definition) is 2. The molecular formula is C11H14F3NO. The van der Waals surface area contributed by atoms with Crippen LogP contribution in [0.25, 0.3) is 0 Å². The zero-order valence-electron chi connectivity index (χ0n) is 9.10. The predicted octanol–water partition coefficient (Wildman–Crippen LogP) is 1.96. The van der Waals surface area contributed by atoms with E-state index < -0.39 is 18.3 Å². The topological polar surface area (TPSA) is 32.3 Å². The first-order valence-electron chi connectivity index (χ1n) is 4.83. The van der Waals surface area contributed by atoms with Crippen LogP contribution in [0.2, 0.25) is 0 Å². The maximum atomic E-state index is 12.9. The summed E-state index contributed by atoms with van der Waals surface area (Å²) in [6.45, 7) is 0.975. The molecule has 0 radical (unpaired) electrons. The lowest BCUT2D eigenvalue weighted by Crippen LogP contribution is -2.49. The molecule has 2 nitrogen and oxygen atoms in total. The van der Waals surface area contributed by atoms with Crippen molar-refractivity contribution in [2.24, 2.45) is 0 Å². The van der Waals surface area contributed by atoms with Gasteiger partial charge >= 0.3 is 6.18 Å². The maximum Gasteiger partial charge on any atom is 0.422 e. The first kappa shape index (κ1) is 13.0. The van der Waals surface area contributed by atoms with Gasteiger partial charge in [-0.05, 0) is 25.1 Å². The van der Waals surface area contributed by atoms with Crippen LogP contribution >= 0.6 is 0 Å². The first-order valence-corrected chi connectivity index (χ1v) is 4.83. The van der Waals surface area contributed by atoms with Gasteiger partial charge in [-0.2, -0.15) is 13.2 Å². The van der Waals surface area contributed by atoms with Gasteiger partial charge in [0, 0.05) is 6.54 Å². The standard InChI is InChI=1S/C11H14F3NO/c1-8-5-3-4-6-9(8)10(16,7-15-2)11(12,13)14/h3-6,15-16H,7H2,1-2H3. The largest absolute Gasteiger partial charge is 0.422 e. The van der Waals surface area contributed by atoms with Gasteiger partial charge in [0.1, 0.15) is 0 Å². The Morgan fingerprint density at radius 2 is 1.81 bits per heavy atom. The molecule has 0 bridgehead atoms. The fraction of sp³-hybridized carbons (Fsp3) is 0.455. The molecule has 0 aliphatic rings. The first-order chi connectivity index (χ1) is 7.33. The molecule has 90 valence electrons. The van der Waals surface area contributed by atoms with Crippen LogP contribution in [-0.2, 0) is 5.60 Å². The summed E-state index contributed by atoms with van der Waals surface area (Å²) in [5.74, 6) is 0. The van der Waals surface area contributed by atoms with Gasteiger partial charge in [0.25, 0.3) is 0 Å². The average molecular weight is 233 g/mol. The molecule has 1 aromatic rings. The third-order valence-corrected chi connectivity index (χ3v) is 2.49. The minimum atomic E-state index is -4.71. The molecule has 0 saturated carbocycles. The van der Waals surface area contributed by atoms with Crippen molar-refractivity contribution in [1.82, 2.24) is 5.32 Å². The van der Waals surface area contributed by atoms with Gasteiger partial charge in [-0.3, -0.25) is 0 Å². The van der Waals surface area contributed by atoms with Crippen LogP contribution < -0.4 is 5.32 Å². The molecule has 2 N–H and O–H groups in total. The van der Waals surface area contributed by atoms with Crippen molar-refractivity contribution in [2.45, 2.75) is 18.7 Å². The van der Waals surface area contributed by atoms with E-state index in [1.165, 1.54) is 19.2 Å². The molecule has 0 amide bonds. The second-order valence-corrected chi connectivity index (χ2v) is 3.70. The van der Waals surface area contributed by atoms with Crippen LogP contribution in [0.1, 0.15) is 11.1 Å². The van der Waals surface area contributed by atoms with Crippen molar-refractivity contribution in [1.29, 1.82) is 0 Å². The van der Waals surface area contributed by atoms with Gasteiger partial charge in [-0.15, -0.1) is 0 Å². The Morgan fingerprint density at radius 3 is 2.25 bits per heavy atom. The lowest BCUT2D eigenvalue weighted by atomic mass is 9.89. The molecule has 0 aromatic heterocycles. The number of benzene rings is 1. The summed E-state index contributed by atoms with van der Waals surface area (Å²) < 4.78 is 38.6. The van der Waals surface area contributed by atoms with Gasteiger partial charge in [0.15, 0.2) is 5.60 Å². The normalized spacial score (nSPS) is 15.9. The Labute approximate surface area is 92.1 Å². The third kappa shape index (κ3) is 2.20. The van der Waals surface area contributed by atoms with E-state index in [1.807, 2.05) is 0 Å². The van der Waals surface area contributed by atoms with E-state index in [-0.39, 0.29) is 5.56 Å². The van der Waals surface area contributed by atoms with E-state index in [0.717, 1.165) is 0 Å². The highest BCUT2D eigenvalue weighted by Gasteiger charge is 2.54. The summed E-state index contributed by atoms with van der Waals surface area (Å²) in [6.07, 6.45) is -4.71. The van der Waals surface area contributed by atoms with Crippen molar-refractivity contribution in [3.63, 3.8) is 0 Å². The van der Waals surface area contributed by atoms with Crippen molar-refractivity contribution in [3.8, 4) is 0 Å². The van der Waals surface area contributed by atoms with Gasteiger partial charge in [-0.1, -0.05) is 24.3 Å². The van der Waals surface area contributed by atoms with Crippen molar-refractivity contribution >= 4 is 0 Å². The van der Waals surface area contributed by atoms with Crippen LogP contribution in [0, 0.1) is 6.92 Å². The van der Waals surface area contributed by atoms with Crippen LogP contribution in [0.3, 0.4) is 0 Å². The van der Waals surface area contributed by atoms with Crippen molar-refractivity contribution < 1.29 is 18.3 Å². The molecule has 0 spiro atoms. The minimum Gasteiger partial charge on any atom is -0.375 e. The van der Waals surface area contributed by atoms with Crippen LogP contribution in [0.15, 0.2) is 24.3 Å². The van der Waals surface area contributed by atoms with Crippen molar-refractivity contribution in [2.75, 3.05) is 13.6 Å². The van der Waals surface area contributed by atoms with E-state index in [2.05, 4.69) is 5.32 Å². The SMILES string of the molecule is CNCC(O)(c1ccccc1C)C(F)(F)F. The lowest BCUT2D eigenvalue weighted by Gasteiger charge is -2.31. The average Bonchev–Trinajstić information content (AvgIpc) is 2.16. The Balaban J connectivity index is 3.28. The molecule has 0 heterocycles. The molecule has 1 atom stereocenters. The highest BCUT2D eigenvalue weighted by atomic mass is 19.4. The van der Waals surface area contributed by atoms with Crippen LogP contribution in [-0.4, -0.2) is 24.9 Å². The molecule has 1 unspecified atom stereocenters. The summed E-state index contributed by atoms with van der Waals surface area (Å²) in [5.41, 5.74) is -2.54. The summed E-state index contributed by atoms with van der Waals surface area (Å²) >= 11 is 0. The molecule has 1 aromatic carbocycles. The lowest BCUT2D eigenvalue weighted by molar-refractivity contribution is -0.264. The number of hydrogen-bond donors (Lipinski definition) is 2. The second-order valence-electron chi connectivity index (χ2n) is 3.70. The van der Waals surface area contributed by atoms with Gasteiger partial charge < -0.3 is 10.4 Å². The molecule has 5 heteroatoms. The molecule has 0 aliphatic heterocycles. The molecule has 16 heavy (non-hydrogen) atoms. The third-order valence-electron chi connectivity index (χ3n) is 2.49. The van der Waals surface area contributed by atoms with Gasteiger partial charge in [0.05, 0.1) is 0 Å². The van der Waals surface area contributed by atoms with Gasteiger partial charge in [-0.25, -0.2) is 0 Å². The highest BCUT2D eigenvalue weighted by Crippen LogP contribution is 2.39. The Bertz CT molecular complexity index is 364. The van der Waals surface area contributed by atoms with Gasteiger partial charge in [0.2, 0.25) is 0 Å². The molecule has 0 aliphatic carbocycles. The number of halogens is 3. The Morgan fingerprint density at radius 1 is 1.25 bits per heavy atom. The quantitative estimate of drug-likeness (QED) is 0.836. The summed E-state index contributed by atoms with van der Waals surface area (Å²) in [7, 11) is 1.37. The number of aryl methyl sites for hydroxylation is 1. The zero-order valence-corrected chi connectivity index (χ0v) is 9.10. The Kier molecular flexibility index (Phi) is 3.60. The second kappa shape index (κ2) is 4.43. The number of likely N-dealkylation sites (N-methyl/N-ethyl adjacent to an activating group) is 1. The monoisotopic (exact) mass is 233 g/mol. The fourth-order valence-electron chi connectivity index (χ4n) is 1.64. The Hall–Kier alpha value is -1.07. The number of rotatable bonds is 3. The molecule has 0 saturated heterocycles. The number of alkyl halides is 3. The smallest absolute Gasteiger partial charge is 0.375 e. The zero-order chi connectivity index (χ0) is 12.4. The molecule has 0 fully saturated rings. The van der Waals surface area contributed by atoms with E-state index >= 15 is 0 Å². The minimum absolute atomic E-state index is 0.114. The fourth-order valence-corrected chi connectivity index (χ4v) is 1.64. The van der Waals surface area contributed by atoms with Crippen LogP contribution in [0.4, 0.5) is 13.2 Å². The maximum absolute atomic E-state index is 12.9. The highest BCUT2D eigenvalue weighted by molar-refractivity contribution is 5.33. The summed E-state index contributed by atoms with van der Waals surface area (Å²) in [4.78, 5) is 0. The molecular weight excluding hydrogens is 219 g/mol. The van der Waals surface area contributed by atoms with E-state index in [4.69, 9.17) is 0 Å². The molecule has 1 rings (SSSR count).